The van der Waals surface area contributed by atoms with E-state index in [1.807, 2.05) is 6.07 Å². The minimum atomic E-state index is 0.287. The van der Waals surface area contributed by atoms with Gasteiger partial charge in [-0.15, -0.1) is 15.3 Å². The van der Waals surface area contributed by atoms with Gasteiger partial charge in [0.05, 0.1) is 5.69 Å². The molecule has 1 unspecified atom stereocenters. The lowest BCUT2D eigenvalue weighted by atomic mass is 10.0. The van der Waals surface area contributed by atoms with Gasteiger partial charge in [-0.05, 0) is 98.2 Å². The Morgan fingerprint density at radius 3 is 2.49 bits per heavy atom. The molecule has 8 heteroatoms. The number of aromatic nitrogens is 5. The SMILES string of the molecule is Nc1nc(Nc2ccc3c(c2)CCC(NC2CC2)CC3)nn1-c1cc2c(nn1)-c1ccccc1CCC2. The fourth-order valence-corrected chi connectivity index (χ4v) is 5.79. The Balaban J connectivity index is 1.11. The molecule has 0 spiro atoms. The number of rotatable bonds is 5. The quantitative estimate of drug-likeness (QED) is 0.351. The monoisotopic (exact) mass is 492 g/mol. The lowest BCUT2D eigenvalue weighted by Crippen LogP contribution is -2.31. The summed E-state index contributed by atoms with van der Waals surface area (Å²) in [5.41, 5.74) is 14.7. The molecule has 0 bridgehead atoms. The van der Waals surface area contributed by atoms with Crippen molar-refractivity contribution in [2.45, 2.75) is 69.9 Å². The smallest absolute Gasteiger partial charge is 0.248 e. The van der Waals surface area contributed by atoms with Crippen molar-refractivity contribution in [2.75, 3.05) is 11.1 Å². The van der Waals surface area contributed by atoms with Gasteiger partial charge in [-0.2, -0.15) is 9.67 Å². The second-order valence-electron chi connectivity index (χ2n) is 10.6. The maximum Gasteiger partial charge on any atom is 0.248 e. The van der Waals surface area contributed by atoms with Crippen LogP contribution >= 0.6 is 0 Å². The first kappa shape index (κ1) is 22.4. The molecule has 1 saturated carbocycles. The van der Waals surface area contributed by atoms with Crippen molar-refractivity contribution < 1.29 is 0 Å². The fourth-order valence-electron chi connectivity index (χ4n) is 5.79. The molecule has 7 rings (SSSR count). The van der Waals surface area contributed by atoms with Crippen molar-refractivity contribution in [1.82, 2.24) is 30.3 Å². The largest absolute Gasteiger partial charge is 0.368 e. The summed E-state index contributed by atoms with van der Waals surface area (Å²) < 4.78 is 1.57. The van der Waals surface area contributed by atoms with E-state index in [1.165, 1.54) is 53.5 Å². The molecule has 3 aliphatic rings. The van der Waals surface area contributed by atoms with Crippen LogP contribution in [0.3, 0.4) is 0 Å². The predicted molar refractivity (Wildman–Crippen MR) is 145 cm³/mol. The first-order valence-corrected chi connectivity index (χ1v) is 13.5. The minimum absolute atomic E-state index is 0.287. The fraction of sp³-hybridized carbons (Fsp3) is 0.379. The summed E-state index contributed by atoms with van der Waals surface area (Å²) in [4.78, 5) is 4.47. The highest BCUT2D eigenvalue weighted by atomic mass is 15.4. The van der Waals surface area contributed by atoms with Crippen molar-refractivity contribution in [3.05, 3.63) is 70.8 Å². The van der Waals surface area contributed by atoms with Gasteiger partial charge in [0.2, 0.25) is 11.9 Å². The maximum absolute atomic E-state index is 6.28. The van der Waals surface area contributed by atoms with Gasteiger partial charge in [-0.1, -0.05) is 30.3 Å². The van der Waals surface area contributed by atoms with Gasteiger partial charge in [0.25, 0.3) is 0 Å². The third-order valence-electron chi connectivity index (χ3n) is 7.91. The molecule has 8 nitrogen and oxygen atoms in total. The van der Waals surface area contributed by atoms with E-state index in [4.69, 9.17) is 5.73 Å². The minimum Gasteiger partial charge on any atom is -0.368 e. The number of hydrogen-bond acceptors (Lipinski definition) is 7. The number of hydrogen-bond donors (Lipinski definition) is 3. The molecule has 188 valence electrons. The van der Waals surface area contributed by atoms with Crippen LogP contribution in [-0.2, 0) is 25.7 Å². The molecule has 3 aliphatic carbocycles. The van der Waals surface area contributed by atoms with E-state index < -0.39 is 0 Å². The summed E-state index contributed by atoms with van der Waals surface area (Å²) >= 11 is 0. The third kappa shape index (κ3) is 4.57. The normalized spacial score (nSPS) is 18.8. The maximum atomic E-state index is 6.28. The van der Waals surface area contributed by atoms with Crippen LogP contribution in [0.1, 0.15) is 54.4 Å². The lowest BCUT2D eigenvalue weighted by Gasteiger charge is -2.15. The second kappa shape index (κ2) is 9.27. The van der Waals surface area contributed by atoms with Gasteiger partial charge in [0.1, 0.15) is 0 Å². The number of fused-ring (bicyclic) bond motifs is 4. The zero-order chi connectivity index (χ0) is 24.8. The Kier molecular flexibility index (Phi) is 5.61. The van der Waals surface area contributed by atoms with Gasteiger partial charge < -0.3 is 16.4 Å². The summed E-state index contributed by atoms with van der Waals surface area (Å²) in [6, 6.07) is 18.5. The topological polar surface area (TPSA) is 107 Å². The van der Waals surface area contributed by atoms with E-state index in [0.29, 0.717) is 17.8 Å². The first-order valence-electron chi connectivity index (χ1n) is 13.5. The number of nitrogens with zero attached hydrogens (tertiary/aromatic N) is 5. The van der Waals surface area contributed by atoms with Crippen molar-refractivity contribution >= 4 is 17.6 Å². The predicted octanol–water partition coefficient (Wildman–Crippen LogP) is 4.54. The molecule has 0 radical (unpaired) electrons. The molecule has 2 aromatic carbocycles. The van der Waals surface area contributed by atoms with E-state index in [1.54, 1.807) is 4.68 Å². The Bertz CT molecular complexity index is 1450. The molecule has 1 atom stereocenters. The second-order valence-corrected chi connectivity index (χ2v) is 10.6. The summed E-state index contributed by atoms with van der Waals surface area (Å²) in [6.07, 6.45) is 10.4. The van der Waals surface area contributed by atoms with Crippen LogP contribution in [0.2, 0.25) is 0 Å². The van der Waals surface area contributed by atoms with Crippen LogP contribution in [-0.4, -0.2) is 37.0 Å². The summed E-state index contributed by atoms with van der Waals surface area (Å²) in [7, 11) is 0. The highest BCUT2D eigenvalue weighted by molar-refractivity contribution is 5.68. The molecular weight excluding hydrogens is 460 g/mol. The summed E-state index contributed by atoms with van der Waals surface area (Å²) in [6.45, 7) is 0. The third-order valence-corrected chi connectivity index (χ3v) is 7.91. The van der Waals surface area contributed by atoms with Crippen molar-refractivity contribution in [3.63, 3.8) is 0 Å². The average molecular weight is 493 g/mol. The molecular formula is C29H32N8. The van der Waals surface area contributed by atoms with Crippen LogP contribution in [0.5, 0.6) is 0 Å². The molecule has 4 aromatic rings. The van der Waals surface area contributed by atoms with Crippen molar-refractivity contribution in [1.29, 1.82) is 0 Å². The van der Waals surface area contributed by atoms with Crippen molar-refractivity contribution in [2.24, 2.45) is 0 Å². The van der Waals surface area contributed by atoms with Crippen molar-refractivity contribution in [3.8, 4) is 17.1 Å². The van der Waals surface area contributed by atoms with Gasteiger partial charge in [-0.25, -0.2) is 0 Å². The lowest BCUT2D eigenvalue weighted by molar-refractivity contribution is 0.460. The zero-order valence-corrected chi connectivity index (χ0v) is 21.0. The first-order chi connectivity index (χ1) is 18.2. The highest BCUT2D eigenvalue weighted by Gasteiger charge is 2.26. The van der Waals surface area contributed by atoms with Gasteiger partial charge in [0, 0.05) is 23.3 Å². The number of benzene rings is 2. The molecule has 4 N–H and O–H groups in total. The Morgan fingerprint density at radius 1 is 0.784 bits per heavy atom. The average Bonchev–Trinajstić information content (AvgIpc) is 3.71. The molecule has 2 aromatic heterocycles. The molecule has 37 heavy (non-hydrogen) atoms. The molecule has 0 amide bonds. The van der Waals surface area contributed by atoms with Gasteiger partial charge in [0.15, 0.2) is 5.82 Å². The van der Waals surface area contributed by atoms with Crippen LogP contribution in [0.25, 0.3) is 17.1 Å². The van der Waals surface area contributed by atoms with E-state index in [9.17, 15) is 0 Å². The van der Waals surface area contributed by atoms with Gasteiger partial charge in [-0.3, -0.25) is 0 Å². The van der Waals surface area contributed by atoms with E-state index in [2.05, 4.69) is 73.4 Å². The van der Waals surface area contributed by atoms with Crippen LogP contribution < -0.4 is 16.4 Å². The van der Waals surface area contributed by atoms with E-state index in [0.717, 1.165) is 49.5 Å². The summed E-state index contributed by atoms with van der Waals surface area (Å²) in [5, 5.41) is 20.9. The Morgan fingerprint density at radius 2 is 1.59 bits per heavy atom. The number of nitrogens with two attached hydrogens (primary N) is 1. The number of aryl methyl sites for hydroxylation is 4. The van der Waals surface area contributed by atoms with Crippen LogP contribution in [0.15, 0.2) is 48.5 Å². The molecule has 1 fully saturated rings. The molecule has 0 saturated heterocycles. The molecule has 0 aliphatic heterocycles. The standard InChI is InChI=1S/C29H32N8/c30-28-33-29(32-24-13-9-18-8-11-22(31-23-14-15-23)12-10-20(18)16-24)36-37(28)26-17-21-6-3-5-19-4-1-2-7-25(19)27(21)35-34-26/h1-2,4,7,9,13,16-17,22-23,31H,3,5-6,8,10-12,14-15H2,(H3,30,32,33,36). The number of nitrogen functional groups attached to an aromatic ring is 1. The highest BCUT2D eigenvalue weighted by Crippen LogP contribution is 2.32. The van der Waals surface area contributed by atoms with Crippen LogP contribution in [0, 0.1) is 0 Å². The zero-order valence-electron chi connectivity index (χ0n) is 21.0. The van der Waals surface area contributed by atoms with Crippen LogP contribution in [0.4, 0.5) is 17.6 Å². The number of anilines is 3. The Hall–Kier alpha value is -3.78. The van der Waals surface area contributed by atoms with Gasteiger partial charge >= 0.3 is 0 Å². The Labute approximate surface area is 216 Å². The van der Waals surface area contributed by atoms with E-state index >= 15 is 0 Å². The molecule has 2 heterocycles. The summed E-state index contributed by atoms with van der Waals surface area (Å²) in [5.74, 6) is 1.34. The van der Waals surface area contributed by atoms with E-state index in [-0.39, 0.29) is 5.95 Å². The number of nitrogens with one attached hydrogen (secondary N) is 2.